The number of carbonyl (C=O) groups excluding carboxylic acids is 2. The van der Waals surface area contributed by atoms with Crippen LogP contribution in [0.3, 0.4) is 0 Å². The molecule has 1 fully saturated rings. The number of rotatable bonds is 3. The predicted octanol–water partition coefficient (Wildman–Crippen LogP) is 0.736. The van der Waals surface area contributed by atoms with Crippen LogP contribution < -0.4 is 0 Å². The molecule has 1 heterocycles. The number of benzene rings is 1. The van der Waals surface area contributed by atoms with Crippen molar-refractivity contribution < 1.29 is 14.7 Å². The van der Waals surface area contributed by atoms with E-state index in [9.17, 15) is 14.7 Å². The lowest BCUT2D eigenvalue weighted by Gasteiger charge is -2.14. The fourth-order valence-electron chi connectivity index (χ4n) is 1.82. The standard InChI is InChI=1S/C12H13NO3/c14-10-7-12(16)13(8-10)6-5-9-3-1-2-4-11(9)15/h1-4,15H,5-8H2. The van der Waals surface area contributed by atoms with Gasteiger partial charge in [-0.2, -0.15) is 0 Å². The van der Waals surface area contributed by atoms with Crippen LogP contribution in [0, 0.1) is 0 Å². The number of amides is 1. The lowest BCUT2D eigenvalue weighted by Crippen LogP contribution is -2.27. The van der Waals surface area contributed by atoms with E-state index in [0.29, 0.717) is 13.0 Å². The number of ketones is 1. The van der Waals surface area contributed by atoms with Crippen molar-refractivity contribution >= 4 is 11.7 Å². The van der Waals surface area contributed by atoms with Crippen LogP contribution >= 0.6 is 0 Å². The summed E-state index contributed by atoms with van der Waals surface area (Å²) in [5.74, 6) is 0.100. The van der Waals surface area contributed by atoms with Crippen molar-refractivity contribution in [2.75, 3.05) is 13.1 Å². The zero-order valence-corrected chi connectivity index (χ0v) is 8.85. The number of hydrogen-bond donors (Lipinski definition) is 1. The number of likely N-dealkylation sites (tertiary alicyclic amines) is 1. The maximum atomic E-state index is 11.3. The Hall–Kier alpha value is -1.84. The molecule has 4 heteroatoms. The van der Waals surface area contributed by atoms with Crippen LogP contribution in [0.1, 0.15) is 12.0 Å². The topological polar surface area (TPSA) is 57.6 Å². The maximum Gasteiger partial charge on any atom is 0.230 e. The Morgan fingerprint density at radius 1 is 1.25 bits per heavy atom. The van der Waals surface area contributed by atoms with E-state index in [4.69, 9.17) is 0 Å². The molecule has 1 aliphatic rings. The zero-order valence-electron chi connectivity index (χ0n) is 8.85. The molecule has 0 bridgehead atoms. The number of hydrogen-bond acceptors (Lipinski definition) is 3. The lowest BCUT2D eigenvalue weighted by molar-refractivity contribution is -0.127. The highest BCUT2D eigenvalue weighted by molar-refractivity contribution is 6.05. The van der Waals surface area contributed by atoms with Gasteiger partial charge in [0.25, 0.3) is 0 Å². The van der Waals surface area contributed by atoms with E-state index in [-0.39, 0.29) is 30.4 Å². The third-order valence-electron chi connectivity index (χ3n) is 2.71. The summed E-state index contributed by atoms with van der Waals surface area (Å²) in [5.41, 5.74) is 0.801. The van der Waals surface area contributed by atoms with Gasteiger partial charge in [-0.1, -0.05) is 18.2 Å². The molecule has 1 N–H and O–H groups in total. The van der Waals surface area contributed by atoms with Gasteiger partial charge in [-0.15, -0.1) is 0 Å². The van der Waals surface area contributed by atoms with Gasteiger partial charge in [-0.25, -0.2) is 0 Å². The molecular formula is C12H13NO3. The molecule has 2 rings (SSSR count). The molecule has 84 valence electrons. The fourth-order valence-corrected chi connectivity index (χ4v) is 1.82. The molecule has 16 heavy (non-hydrogen) atoms. The third-order valence-corrected chi connectivity index (χ3v) is 2.71. The van der Waals surface area contributed by atoms with Crippen LogP contribution in [0.15, 0.2) is 24.3 Å². The Balaban J connectivity index is 1.95. The number of aromatic hydroxyl groups is 1. The van der Waals surface area contributed by atoms with E-state index in [1.165, 1.54) is 4.90 Å². The largest absolute Gasteiger partial charge is 0.508 e. The van der Waals surface area contributed by atoms with Crippen LogP contribution in [0.25, 0.3) is 0 Å². The SMILES string of the molecule is O=C1CC(=O)N(CCc2ccccc2O)C1. The Morgan fingerprint density at radius 3 is 2.62 bits per heavy atom. The molecule has 0 radical (unpaired) electrons. The quantitative estimate of drug-likeness (QED) is 0.763. The molecular weight excluding hydrogens is 206 g/mol. The second-order valence-electron chi connectivity index (χ2n) is 3.91. The first-order chi connectivity index (χ1) is 7.66. The van der Waals surface area contributed by atoms with Crippen molar-refractivity contribution in [3.05, 3.63) is 29.8 Å². The smallest absolute Gasteiger partial charge is 0.230 e. The van der Waals surface area contributed by atoms with Crippen molar-refractivity contribution in [1.82, 2.24) is 4.90 Å². The molecule has 0 unspecified atom stereocenters. The number of nitrogens with zero attached hydrogens (tertiary/aromatic N) is 1. The van der Waals surface area contributed by atoms with Gasteiger partial charge in [0, 0.05) is 6.54 Å². The summed E-state index contributed by atoms with van der Waals surface area (Å²) in [7, 11) is 0. The van der Waals surface area contributed by atoms with Crippen LogP contribution in [0.5, 0.6) is 5.75 Å². The van der Waals surface area contributed by atoms with Gasteiger partial charge >= 0.3 is 0 Å². The summed E-state index contributed by atoms with van der Waals surface area (Å²) in [6, 6.07) is 7.03. The Kier molecular flexibility index (Phi) is 2.90. The van der Waals surface area contributed by atoms with Crippen molar-refractivity contribution in [3.63, 3.8) is 0 Å². The molecule has 0 aliphatic carbocycles. The van der Waals surface area contributed by atoms with Gasteiger partial charge < -0.3 is 10.0 Å². The molecule has 4 nitrogen and oxygen atoms in total. The van der Waals surface area contributed by atoms with Gasteiger partial charge in [0.2, 0.25) is 5.91 Å². The summed E-state index contributed by atoms with van der Waals surface area (Å²) in [6.07, 6.45) is 0.604. The summed E-state index contributed by atoms with van der Waals surface area (Å²) in [5, 5.41) is 9.53. The zero-order chi connectivity index (χ0) is 11.5. The maximum absolute atomic E-state index is 11.3. The van der Waals surface area contributed by atoms with E-state index < -0.39 is 0 Å². The number of para-hydroxylation sites is 1. The molecule has 1 aromatic rings. The van der Waals surface area contributed by atoms with Crippen LogP contribution in [-0.4, -0.2) is 34.8 Å². The first kappa shape index (κ1) is 10.7. The highest BCUT2D eigenvalue weighted by atomic mass is 16.3. The Morgan fingerprint density at radius 2 is 2.00 bits per heavy atom. The van der Waals surface area contributed by atoms with E-state index in [0.717, 1.165) is 5.56 Å². The van der Waals surface area contributed by atoms with Crippen molar-refractivity contribution in [1.29, 1.82) is 0 Å². The Labute approximate surface area is 93.5 Å². The molecule has 1 amide bonds. The molecule has 1 saturated heterocycles. The molecule has 1 aliphatic heterocycles. The van der Waals surface area contributed by atoms with Gasteiger partial charge in [-0.3, -0.25) is 9.59 Å². The van der Waals surface area contributed by atoms with Crippen LogP contribution in [0.4, 0.5) is 0 Å². The van der Waals surface area contributed by atoms with Crippen molar-refractivity contribution in [3.8, 4) is 5.75 Å². The predicted molar refractivity (Wildman–Crippen MR) is 58.0 cm³/mol. The van der Waals surface area contributed by atoms with Crippen LogP contribution in [-0.2, 0) is 16.0 Å². The first-order valence-corrected chi connectivity index (χ1v) is 5.23. The summed E-state index contributed by atoms with van der Waals surface area (Å²) < 4.78 is 0. The van der Waals surface area contributed by atoms with Gasteiger partial charge in [0.05, 0.1) is 13.0 Å². The summed E-state index contributed by atoms with van der Waals surface area (Å²) in [6.45, 7) is 0.703. The normalized spacial score (nSPS) is 15.9. The number of phenols is 1. The summed E-state index contributed by atoms with van der Waals surface area (Å²) >= 11 is 0. The first-order valence-electron chi connectivity index (χ1n) is 5.23. The lowest BCUT2D eigenvalue weighted by atomic mass is 10.1. The average Bonchev–Trinajstić information content (AvgIpc) is 2.56. The average molecular weight is 219 g/mol. The second kappa shape index (κ2) is 4.35. The van der Waals surface area contributed by atoms with Crippen LogP contribution in [0.2, 0.25) is 0 Å². The van der Waals surface area contributed by atoms with Gasteiger partial charge in [0.1, 0.15) is 5.75 Å². The minimum Gasteiger partial charge on any atom is -0.508 e. The minimum absolute atomic E-state index is 0.0257. The van der Waals surface area contributed by atoms with E-state index in [2.05, 4.69) is 0 Å². The Bertz CT molecular complexity index is 428. The van der Waals surface area contributed by atoms with Gasteiger partial charge in [0.15, 0.2) is 5.78 Å². The molecule has 0 aromatic heterocycles. The number of Topliss-reactive ketones (excluding diaryl/α,β-unsaturated/α-hetero) is 1. The molecule has 1 aromatic carbocycles. The second-order valence-corrected chi connectivity index (χ2v) is 3.91. The third kappa shape index (κ3) is 2.21. The van der Waals surface area contributed by atoms with E-state index in [1.54, 1.807) is 12.1 Å². The molecule has 0 spiro atoms. The van der Waals surface area contributed by atoms with Crippen molar-refractivity contribution in [2.45, 2.75) is 12.8 Å². The highest BCUT2D eigenvalue weighted by Crippen LogP contribution is 2.17. The number of phenolic OH excluding ortho intramolecular Hbond substituents is 1. The monoisotopic (exact) mass is 219 g/mol. The van der Waals surface area contributed by atoms with E-state index in [1.807, 2.05) is 12.1 Å². The highest BCUT2D eigenvalue weighted by Gasteiger charge is 2.26. The van der Waals surface area contributed by atoms with Gasteiger partial charge in [-0.05, 0) is 18.1 Å². The van der Waals surface area contributed by atoms with E-state index >= 15 is 0 Å². The number of carbonyl (C=O) groups is 2. The minimum atomic E-state index is -0.111. The summed E-state index contributed by atoms with van der Waals surface area (Å²) in [4.78, 5) is 23.9. The molecule has 0 saturated carbocycles. The van der Waals surface area contributed by atoms with Crippen molar-refractivity contribution in [2.24, 2.45) is 0 Å². The molecule has 0 atom stereocenters. The fraction of sp³-hybridized carbons (Fsp3) is 0.333.